The largest absolute Gasteiger partial charge is 0.296 e. The van der Waals surface area contributed by atoms with Gasteiger partial charge in [-0.3, -0.25) is 4.98 Å². The smallest absolute Gasteiger partial charge is 0.173 e. The van der Waals surface area contributed by atoms with Gasteiger partial charge in [-0.05, 0) is 39.4 Å². The molecule has 0 unspecified atom stereocenters. The second kappa shape index (κ2) is 5.95. The molecule has 0 N–H and O–H groups in total. The van der Waals surface area contributed by atoms with Crippen LogP contribution < -0.4 is 0 Å². The predicted molar refractivity (Wildman–Crippen MR) is 106 cm³/mol. The molecule has 137 valence electrons. The van der Waals surface area contributed by atoms with Gasteiger partial charge in [0.05, 0.1) is 10.4 Å². The van der Waals surface area contributed by atoms with Gasteiger partial charge in [-0.15, -0.1) is 23.8 Å². The molecule has 0 saturated heterocycles. The van der Waals surface area contributed by atoms with Crippen molar-refractivity contribution < 1.29 is 28.5 Å². The van der Waals surface area contributed by atoms with Gasteiger partial charge >= 0.3 is 0 Å². The summed E-state index contributed by atoms with van der Waals surface area (Å²) in [6, 6.07) is 21.9. The van der Waals surface area contributed by atoms with E-state index in [-0.39, 0.29) is 20.1 Å². The summed E-state index contributed by atoms with van der Waals surface area (Å²) in [4.78, 5) is 5.49. The molecule has 1 aliphatic carbocycles. The molecule has 4 aromatic rings. The number of fused-ring (bicyclic) bond motifs is 3. The second-order valence-corrected chi connectivity index (χ2v) is 8.68. The van der Waals surface area contributed by atoms with Crippen molar-refractivity contribution in [3.8, 4) is 22.4 Å². The predicted octanol–water partition coefficient (Wildman–Crippen LogP) is 5.00. The fourth-order valence-corrected chi connectivity index (χ4v) is 5.67. The van der Waals surface area contributed by atoms with Gasteiger partial charge in [0.15, 0.2) is 9.84 Å². The van der Waals surface area contributed by atoms with Crippen molar-refractivity contribution in [1.29, 1.82) is 0 Å². The van der Waals surface area contributed by atoms with Gasteiger partial charge in [-0.25, -0.2) is 8.42 Å². The number of aromatic nitrogens is 1. The summed E-state index contributed by atoms with van der Waals surface area (Å²) < 4.78 is 25.5. The minimum Gasteiger partial charge on any atom is -0.296 e. The number of nitrogens with zero attached hydrogens (tertiary/aromatic N) is 1. The Balaban J connectivity index is 0.00000171. The Hall–Kier alpha value is -2.59. The third-order valence-corrected chi connectivity index (χ3v) is 7.14. The summed E-state index contributed by atoms with van der Waals surface area (Å²) in [5.74, 6) is 0. The normalized spacial score (nSPS) is 14.6. The summed E-state index contributed by atoms with van der Waals surface area (Å²) in [6.45, 7) is 0. The fourth-order valence-electron chi connectivity index (χ4n) is 4.04. The van der Waals surface area contributed by atoms with Crippen molar-refractivity contribution in [2.24, 2.45) is 0 Å². The molecule has 1 radical (unpaired) electrons. The molecule has 2 heterocycles. The van der Waals surface area contributed by atoms with Gasteiger partial charge < -0.3 is 0 Å². The van der Waals surface area contributed by atoms with Crippen molar-refractivity contribution >= 4 is 32.9 Å². The van der Waals surface area contributed by atoms with E-state index in [9.17, 15) is 8.42 Å². The van der Waals surface area contributed by atoms with Crippen LogP contribution in [0, 0.1) is 6.07 Å². The van der Waals surface area contributed by atoms with E-state index in [1.807, 2.05) is 36.4 Å². The maximum atomic E-state index is 12.8. The van der Waals surface area contributed by atoms with Crippen LogP contribution in [0.3, 0.4) is 0 Å². The first kappa shape index (κ1) is 17.5. The zero-order valence-corrected chi connectivity index (χ0v) is 17.6. The molecular formula is C23H12IrNO2S-. The molecule has 2 aliphatic rings. The Kier molecular flexibility index (Phi) is 3.72. The molecular weight excluding hydrogens is 547 g/mol. The van der Waals surface area contributed by atoms with Crippen LogP contribution in [0.15, 0.2) is 70.5 Å². The molecule has 1 aliphatic heterocycles. The van der Waals surface area contributed by atoms with Crippen LogP contribution in [0.5, 0.6) is 0 Å². The van der Waals surface area contributed by atoms with E-state index < -0.39 is 9.84 Å². The quantitative estimate of drug-likeness (QED) is 0.267. The van der Waals surface area contributed by atoms with E-state index >= 15 is 0 Å². The SMILES string of the molecule is O=S1(=O)c2c[c-]c(-c3cc4c5c(cccc5n3)C=C4)cc2-c2ccccc21.[Ir]. The number of hydrogen-bond donors (Lipinski definition) is 0. The van der Waals surface area contributed by atoms with Crippen LogP contribution >= 0.6 is 0 Å². The second-order valence-electron chi connectivity index (χ2n) is 6.80. The molecule has 0 fully saturated rings. The van der Waals surface area contributed by atoms with Crippen LogP contribution in [-0.4, -0.2) is 13.4 Å². The van der Waals surface area contributed by atoms with Crippen LogP contribution in [0.25, 0.3) is 45.4 Å². The third-order valence-electron chi connectivity index (χ3n) is 5.28. The molecule has 3 nitrogen and oxygen atoms in total. The first-order chi connectivity index (χ1) is 13.1. The summed E-state index contributed by atoms with van der Waals surface area (Å²) in [6.07, 6.45) is 4.19. The van der Waals surface area contributed by atoms with Gasteiger partial charge in [-0.2, -0.15) is 0 Å². The van der Waals surface area contributed by atoms with Gasteiger partial charge in [0, 0.05) is 25.5 Å². The summed E-state index contributed by atoms with van der Waals surface area (Å²) >= 11 is 0. The molecule has 0 bridgehead atoms. The van der Waals surface area contributed by atoms with Crippen LogP contribution in [-0.2, 0) is 29.9 Å². The van der Waals surface area contributed by atoms with Crippen molar-refractivity contribution in [3.05, 3.63) is 77.9 Å². The number of sulfone groups is 1. The van der Waals surface area contributed by atoms with Crippen molar-refractivity contribution in [1.82, 2.24) is 4.98 Å². The van der Waals surface area contributed by atoms with Crippen LogP contribution in [0.1, 0.15) is 11.1 Å². The Morgan fingerprint density at radius 3 is 2.54 bits per heavy atom. The maximum absolute atomic E-state index is 12.8. The molecule has 6 rings (SSSR count). The molecule has 0 amide bonds. The summed E-state index contributed by atoms with van der Waals surface area (Å²) in [5.41, 5.74) is 6.31. The molecule has 0 saturated carbocycles. The fraction of sp³-hybridized carbons (Fsp3) is 0. The van der Waals surface area contributed by atoms with Gasteiger partial charge in [0.1, 0.15) is 0 Å². The molecule has 0 atom stereocenters. The van der Waals surface area contributed by atoms with E-state index in [0.717, 1.165) is 38.9 Å². The van der Waals surface area contributed by atoms with Crippen LogP contribution in [0.2, 0.25) is 0 Å². The Labute approximate surface area is 176 Å². The number of pyridine rings is 1. The number of benzene rings is 3. The Morgan fingerprint density at radius 1 is 0.821 bits per heavy atom. The molecule has 5 heteroatoms. The number of rotatable bonds is 1. The maximum Gasteiger partial charge on any atom is 0.173 e. The summed E-state index contributed by atoms with van der Waals surface area (Å²) in [5, 5.41) is 1.16. The summed E-state index contributed by atoms with van der Waals surface area (Å²) in [7, 11) is -3.47. The first-order valence-corrected chi connectivity index (χ1v) is 10.1. The Bertz CT molecular complexity index is 1440. The van der Waals surface area contributed by atoms with Gasteiger partial charge in [0.2, 0.25) is 0 Å². The van der Waals surface area contributed by atoms with E-state index in [0.29, 0.717) is 9.79 Å². The minimum absolute atomic E-state index is 0. The van der Waals surface area contributed by atoms with Crippen molar-refractivity contribution in [2.45, 2.75) is 9.79 Å². The topological polar surface area (TPSA) is 47.0 Å². The van der Waals surface area contributed by atoms with E-state index in [1.165, 1.54) is 5.56 Å². The van der Waals surface area contributed by atoms with Crippen LogP contribution in [0.4, 0.5) is 0 Å². The van der Waals surface area contributed by atoms with Crippen molar-refractivity contribution in [3.63, 3.8) is 0 Å². The monoisotopic (exact) mass is 559 g/mol. The van der Waals surface area contributed by atoms with E-state index in [1.54, 1.807) is 18.2 Å². The van der Waals surface area contributed by atoms with Gasteiger partial charge in [0.25, 0.3) is 0 Å². The first-order valence-electron chi connectivity index (χ1n) is 8.65. The third kappa shape index (κ3) is 2.24. The molecule has 3 aromatic carbocycles. The van der Waals surface area contributed by atoms with Gasteiger partial charge in [-0.1, -0.05) is 54.1 Å². The molecule has 1 aromatic heterocycles. The number of hydrogen-bond acceptors (Lipinski definition) is 3. The molecule has 0 spiro atoms. The zero-order chi connectivity index (χ0) is 18.2. The van der Waals surface area contributed by atoms with E-state index in [4.69, 9.17) is 4.98 Å². The average molecular weight is 559 g/mol. The van der Waals surface area contributed by atoms with Crippen molar-refractivity contribution in [2.75, 3.05) is 0 Å². The standard InChI is InChI=1S/C23H12NO2S.Ir/c25-27(26)21-7-2-1-5-17(21)18-12-15(10-11-22(18)27)20-13-16-9-8-14-4-3-6-19(24-20)23(14)16;/h1-9,11-13H;/q-1;. The zero-order valence-electron chi connectivity index (χ0n) is 14.4. The molecule has 28 heavy (non-hydrogen) atoms. The van der Waals surface area contributed by atoms with E-state index in [2.05, 4.69) is 24.3 Å². The average Bonchev–Trinajstić information content (AvgIpc) is 3.21. The Morgan fingerprint density at radius 2 is 1.64 bits per heavy atom. The minimum atomic E-state index is -3.47.